The summed E-state index contributed by atoms with van der Waals surface area (Å²) in [6.45, 7) is 0. The molecular formula is C7H10F6O3S2. The van der Waals surface area contributed by atoms with Crippen molar-refractivity contribution in [2.24, 2.45) is 0 Å². The molecule has 1 atom stereocenters. The number of sulfone groups is 1. The lowest BCUT2D eigenvalue weighted by molar-refractivity contribution is -0.0436. The molecule has 0 aromatic carbocycles. The van der Waals surface area contributed by atoms with Crippen LogP contribution < -0.4 is 0 Å². The van der Waals surface area contributed by atoms with Crippen molar-refractivity contribution in [2.45, 2.75) is 35.7 Å². The summed E-state index contributed by atoms with van der Waals surface area (Å²) in [6.07, 6.45) is -1.14. The van der Waals surface area contributed by atoms with Crippen LogP contribution in [0.1, 0.15) is 19.3 Å². The molecule has 0 bridgehead atoms. The molecular weight excluding hydrogens is 310 g/mol. The normalized spacial score (nSPS) is 15.7. The Morgan fingerprint density at radius 2 is 1.56 bits per heavy atom. The molecule has 110 valence electrons. The van der Waals surface area contributed by atoms with Gasteiger partial charge in [0.25, 0.3) is 0 Å². The third kappa shape index (κ3) is 7.31. The molecule has 0 heterocycles. The van der Waals surface area contributed by atoms with Crippen molar-refractivity contribution >= 4 is 21.6 Å². The van der Waals surface area contributed by atoms with E-state index in [-0.39, 0.29) is 6.42 Å². The Bertz CT molecular complexity index is 347. The van der Waals surface area contributed by atoms with E-state index >= 15 is 0 Å². The monoisotopic (exact) mass is 320 g/mol. The van der Waals surface area contributed by atoms with Crippen LogP contribution in [0.5, 0.6) is 0 Å². The molecule has 1 N–H and O–H groups in total. The standard InChI is InChI=1S/C7H10F6O3S2/c8-6(9,10)17-5(14)3-1-2-4-18(15,16)7(11,12)13/h5,14H,1-4H2. The first kappa shape index (κ1) is 17.8. The zero-order valence-electron chi connectivity index (χ0n) is 8.75. The van der Waals surface area contributed by atoms with Crippen molar-refractivity contribution in [2.75, 3.05) is 5.75 Å². The topological polar surface area (TPSA) is 54.4 Å². The third-order valence-electron chi connectivity index (χ3n) is 1.74. The molecule has 0 spiro atoms. The van der Waals surface area contributed by atoms with Gasteiger partial charge in [0.1, 0.15) is 5.44 Å². The summed E-state index contributed by atoms with van der Waals surface area (Å²) in [5, 5.41) is 8.85. The summed E-state index contributed by atoms with van der Waals surface area (Å²) in [4.78, 5) is 0. The summed E-state index contributed by atoms with van der Waals surface area (Å²) in [7, 11) is -5.24. The zero-order valence-corrected chi connectivity index (χ0v) is 10.4. The number of unbranched alkanes of at least 4 members (excludes halogenated alkanes) is 1. The van der Waals surface area contributed by atoms with Crippen molar-refractivity contribution < 1.29 is 39.9 Å². The highest BCUT2D eigenvalue weighted by Crippen LogP contribution is 2.34. The molecule has 3 nitrogen and oxygen atoms in total. The first-order valence-electron chi connectivity index (χ1n) is 4.57. The molecule has 11 heteroatoms. The molecule has 0 saturated heterocycles. The van der Waals surface area contributed by atoms with E-state index in [1.807, 2.05) is 0 Å². The number of halogens is 6. The quantitative estimate of drug-likeness (QED) is 0.464. The van der Waals surface area contributed by atoms with Gasteiger partial charge in [0.05, 0.1) is 5.75 Å². The van der Waals surface area contributed by atoms with Gasteiger partial charge in [-0.2, -0.15) is 26.3 Å². The lowest BCUT2D eigenvalue weighted by atomic mass is 10.3. The summed E-state index contributed by atoms with van der Waals surface area (Å²) in [5.41, 5.74) is -11.8. The Balaban J connectivity index is 3.96. The minimum absolute atomic E-state index is 0.250. The van der Waals surface area contributed by atoms with Gasteiger partial charge in [0.15, 0.2) is 0 Å². The summed E-state index contributed by atoms with van der Waals surface area (Å²) >= 11 is -0.696. The van der Waals surface area contributed by atoms with Gasteiger partial charge in [0, 0.05) is 0 Å². The molecule has 0 amide bonds. The van der Waals surface area contributed by atoms with Gasteiger partial charge in [-0.15, -0.1) is 0 Å². The number of aliphatic hydroxyl groups is 1. The average Bonchev–Trinajstić information content (AvgIpc) is 2.07. The molecule has 0 aliphatic rings. The van der Waals surface area contributed by atoms with Crippen LogP contribution in [0.4, 0.5) is 26.3 Å². The smallest absolute Gasteiger partial charge is 0.382 e. The van der Waals surface area contributed by atoms with Gasteiger partial charge in [-0.1, -0.05) is 0 Å². The molecule has 0 saturated carbocycles. The fraction of sp³-hybridized carbons (Fsp3) is 1.00. The van der Waals surface area contributed by atoms with Crippen LogP contribution >= 0.6 is 11.8 Å². The van der Waals surface area contributed by atoms with E-state index in [9.17, 15) is 34.8 Å². The van der Waals surface area contributed by atoms with E-state index in [1.54, 1.807) is 0 Å². The lowest BCUT2D eigenvalue weighted by Crippen LogP contribution is -2.26. The maximum Gasteiger partial charge on any atom is 0.497 e. The maximum absolute atomic E-state index is 11.9. The van der Waals surface area contributed by atoms with Crippen molar-refractivity contribution in [1.82, 2.24) is 0 Å². The Morgan fingerprint density at radius 1 is 1.06 bits per heavy atom. The van der Waals surface area contributed by atoms with Gasteiger partial charge < -0.3 is 5.11 Å². The summed E-state index contributed by atoms with van der Waals surface area (Å²) in [6, 6.07) is 0. The highest BCUT2D eigenvalue weighted by Gasteiger charge is 2.44. The number of hydrogen-bond acceptors (Lipinski definition) is 4. The second-order valence-electron chi connectivity index (χ2n) is 3.28. The molecule has 0 rings (SSSR count). The Morgan fingerprint density at radius 3 is 1.94 bits per heavy atom. The van der Waals surface area contributed by atoms with E-state index in [2.05, 4.69) is 0 Å². The predicted molar refractivity (Wildman–Crippen MR) is 53.3 cm³/mol. The first-order valence-corrected chi connectivity index (χ1v) is 7.10. The van der Waals surface area contributed by atoms with Crippen LogP contribution in [-0.4, -0.2) is 35.7 Å². The number of hydrogen-bond donors (Lipinski definition) is 1. The minimum atomic E-state index is -5.35. The largest absolute Gasteiger partial charge is 0.497 e. The second-order valence-corrected chi connectivity index (χ2v) is 6.62. The van der Waals surface area contributed by atoms with Crippen molar-refractivity contribution in [1.29, 1.82) is 0 Å². The van der Waals surface area contributed by atoms with E-state index < -0.39 is 56.6 Å². The zero-order chi connectivity index (χ0) is 14.6. The maximum atomic E-state index is 11.9. The third-order valence-corrected chi connectivity index (χ3v) is 4.04. The summed E-state index contributed by atoms with van der Waals surface area (Å²) in [5.74, 6) is -1.19. The van der Waals surface area contributed by atoms with E-state index in [4.69, 9.17) is 5.11 Å². The molecule has 0 aromatic heterocycles. The SMILES string of the molecule is O=S(=O)(CCCCC(O)SC(F)(F)F)C(F)(F)F. The van der Waals surface area contributed by atoms with Crippen LogP contribution in [0.3, 0.4) is 0 Å². The average molecular weight is 320 g/mol. The van der Waals surface area contributed by atoms with Crippen LogP contribution in [0.25, 0.3) is 0 Å². The van der Waals surface area contributed by atoms with Crippen LogP contribution in [-0.2, 0) is 9.84 Å². The van der Waals surface area contributed by atoms with Crippen molar-refractivity contribution in [3.05, 3.63) is 0 Å². The molecule has 18 heavy (non-hydrogen) atoms. The fourth-order valence-corrected chi connectivity index (χ4v) is 2.35. The molecule has 0 aromatic rings. The second kappa shape index (κ2) is 6.33. The van der Waals surface area contributed by atoms with E-state index in [1.165, 1.54) is 0 Å². The highest BCUT2D eigenvalue weighted by molar-refractivity contribution is 8.00. The van der Waals surface area contributed by atoms with Crippen molar-refractivity contribution in [3.63, 3.8) is 0 Å². The Labute approximate surface area is 103 Å². The lowest BCUT2D eigenvalue weighted by Gasteiger charge is -2.12. The van der Waals surface area contributed by atoms with Gasteiger partial charge >= 0.3 is 11.0 Å². The molecule has 0 fully saturated rings. The molecule has 0 aliphatic carbocycles. The van der Waals surface area contributed by atoms with Gasteiger partial charge in [-0.25, -0.2) is 8.42 Å². The highest BCUT2D eigenvalue weighted by atomic mass is 32.2. The Kier molecular flexibility index (Phi) is 6.27. The van der Waals surface area contributed by atoms with E-state index in [0.717, 1.165) is 0 Å². The van der Waals surface area contributed by atoms with Gasteiger partial charge in [-0.05, 0) is 31.0 Å². The summed E-state index contributed by atoms with van der Waals surface area (Å²) < 4.78 is 91.8. The predicted octanol–water partition coefficient (Wildman–Crippen LogP) is 2.66. The number of rotatable bonds is 6. The number of aliphatic hydroxyl groups excluding tert-OH is 1. The number of alkyl halides is 6. The van der Waals surface area contributed by atoms with Gasteiger partial charge in [0.2, 0.25) is 9.84 Å². The van der Waals surface area contributed by atoms with Crippen LogP contribution in [0.2, 0.25) is 0 Å². The minimum Gasteiger partial charge on any atom is -0.382 e. The van der Waals surface area contributed by atoms with Gasteiger partial charge in [-0.3, -0.25) is 0 Å². The number of thioether (sulfide) groups is 1. The van der Waals surface area contributed by atoms with E-state index in [0.29, 0.717) is 0 Å². The fourth-order valence-electron chi connectivity index (χ4n) is 0.940. The van der Waals surface area contributed by atoms with Crippen molar-refractivity contribution in [3.8, 4) is 0 Å². The Hall–Kier alpha value is -0.160. The first-order chi connectivity index (χ1) is 7.85. The van der Waals surface area contributed by atoms with Crippen LogP contribution in [0, 0.1) is 0 Å². The van der Waals surface area contributed by atoms with Crippen LogP contribution in [0.15, 0.2) is 0 Å². The molecule has 0 radical (unpaired) electrons. The molecule has 0 aliphatic heterocycles. The molecule has 1 unspecified atom stereocenters.